The molecule has 3 aromatic carbocycles. The molecule has 0 amide bonds. The van der Waals surface area contributed by atoms with E-state index in [-0.39, 0.29) is 6.61 Å². The zero-order valence-electron chi connectivity index (χ0n) is 21.5. The van der Waals surface area contributed by atoms with Gasteiger partial charge in [0.15, 0.2) is 5.58 Å². The fourth-order valence-electron chi connectivity index (χ4n) is 4.96. The van der Waals surface area contributed by atoms with Gasteiger partial charge >= 0.3 is 0 Å². The van der Waals surface area contributed by atoms with Crippen LogP contribution in [-0.2, 0) is 6.54 Å². The molecule has 0 saturated carbocycles. The molecule has 1 aliphatic heterocycles. The summed E-state index contributed by atoms with van der Waals surface area (Å²) in [6.45, 7) is 7.28. The molecule has 37 heavy (non-hydrogen) atoms. The molecule has 4 aromatic rings. The van der Waals surface area contributed by atoms with Crippen LogP contribution in [0.3, 0.4) is 0 Å². The SMILES string of the molecule is Cc1c(OCCCN2CC[C@@H](N)C2)cccc1-c1ccc2nc(-c3cccc(CNCCO)c3)oc2c1. The van der Waals surface area contributed by atoms with Gasteiger partial charge in [-0.2, -0.15) is 0 Å². The van der Waals surface area contributed by atoms with Crippen molar-refractivity contribution in [2.45, 2.75) is 32.4 Å². The highest BCUT2D eigenvalue weighted by atomic mass is 16.5. The lowest BCUT2D eigenvalue weighted by atomic mass is 9.99. The standard InChI is InChI=1S/C30H36N4O3/c1-21-26(7-3-8-28(21)36-16-4-13-34-14-11-25(31)20-34)23-9-10-27-29(18-23)37-30(33-27)24-6-2-5-22(17-24)19-32-12-15-35/h2-3,5-10,17-18,25,32,35H,4,11-16,19-20,31H2,1H3/t25-/m1/s1. The average molecular weight is 501 g/mol. The molecule has 0 bridgehead atoms. The maximum Gasteiger partial charge on any atom is 0.227 e. The Labute approximate surface area is 218 Å². The van der Waals surface area contributed by atoms with E-state index in [1.807, 2.05) is 36.4 Å². The van der Waals surface area contributed by atoms with Crippen LogP contribution >= 0.6 is 0 Å². The van der Waals surface area contributed by atoms with Gasteiger partial charge in [-0.25, -0.2) is 4.98 Å². The molecule has 5 rings (SSSR count). The van der Waals surface area contributed by atoms with Crippen molar-refractivity contribution in [1.82, 2.24) is 15.2 Å². The quantitative estimate of drug-likeness (QED) is 0.263. The van der Waals surface area contributed by atoms with Crippen LogP contribution in [0, 0.1) is 6.92 Å². The number of nitrogens with two attached hydrogens (primary N) is 1. The molecule has 1 aromatic heterocycles. The van der Waals surface area contributed by atoms with Crippen molar-refractivity contribution in [3.05, 3.63) is 71.8 Å². The predicted molar refractivity (Wildman–Crippen MR) is 148 cm³/mol. The second-order valence-corrected chi connectivity index (χ2v) is 9.78. The molecule has 194 valence electrons. The number of benzene rings is 3. The van der Waals surface area contributed by atoms with Gasteiger partial charge in [0, 0.05) is 37.8 Å². The maximum atomic E-state index is 8.99. The Morgan fingerprint density at radius 3 is 2.86 bits per heavy atom. The lowest BCUT2D eigenvalue weighted by Gasteiger charge is -2.16. The third kappa shape index (κ3) is 6.19. The Morgan fingerprint density at radius 2 is 2.03 bits per heavy atom. The lowest BCUT2D eigenvalue weighted by Crippen LogP contribution is -2.28. The van der Waals surface area contributed by atoms with Gasteiger partial charge in [-0.15, -0.1) is 0 Å². The van der Waals surface area contributed by atoms with Gasteiger partial charge in [-0.3, -0.25) is 0 Å². The smallest absolute Gasteiger partial charge is 0.227 e. The van der Waals surface area contributed by atoms with E-state index < -0.39 is 0 Å². The van der Waals surface area contributed by atoms with Crippen LogP contribution in [0.5, 0.6) is 5.75 Å². The first-order valence-corrected chi connectivity index (χ1v) is 13.1. The van der Waals surface area contributed by atoms with Crippen LogP contribution in [0.1, 0.15) is 24.0 Å². The maximum absolute atomic E-state index is 8.99. The Bertz CT molecular complexity index is 1340. The Morgan fingerprint density at radius 1 is 1.14 bits per heavy atom. The second kappa shape index (κ2) is 11.9. The molecular weight excluding hydrogens is 464 g/mol. The molecular formula is C30H36N4O3. The lowest BCUT2D eigenvalue weighted by molar-refractivity contribution is 0.261. The van der Waals surface area contributed by atoms with E-state index in [0.717, 1.165) is 77.1 Å². The van der Waals surface area contributed by atoms with Gasteiger partial charge in [0.05, 0.1) is 13.2 Å². The van der Waals surface area contributed by atoms with Crippen molar-refractivity contribution in [3.8, 4) is 28.3 Å². The van der Waals surface area contributed by atoms with Crippen LogP contribution in [0.2, 0.25) is 0 Å². The van der Waals surface area contributed by atoms with E-state index in [4.69, 9.17) is 25.0 Å². The first kappa shape index (κ1) is 25.4. The normalized spacial score (nSPS) is 16.0. The number of fused-ring (bicyclic) bond motifs is 1. The molecule has 1 fully saturated rings. The molecule has 7 heteroatoms. The molecule has 1 aliphatic rings. The van der Waals surface area contributed by atoms with Gasteiger partial charge < -0.3 is 30.2 Å². The summed E-state index contributed by atoms with van der Waals surface area (Å²) in [6.07, 6.45) is 2.08. The van der Waals surface area contributed by atoms with E-state index in [1.54, 1.807) is 0 Å². The summed E-state index contributed by atoms with van der Waals surface area (Å²) < 4.78 is 12.4. The molecule has 0 spiro atoms. The minimum Gasteiger partial charge on any atom is -0.493 e. The summed E-state index contributed by atoms with van der Waals surface area (Å²) in [5.74, 6) is 1.52. The van der Waals surface area contributed by atoms with E-state index in [2.05, 4.69) is 41.4 Å². The Hall–Kier alpha value is -3.23. The monoisotopic (exact) mass is 500 g/mol. The first-order valence-electron chi connectivity index (χ1n) is 13.1. The number of hydrogen-bond donors (Lipinski definition) is 3. The predicted octanol–water partition coefficient (Wildman–Crippen LogP) is 4.35. The highest BCUT2D eigenvalue weighted by Gasteiger charge is 2.18. The van der Waals surface area contributed by atoms with E-state index in [9.17, 15) is 0 Å². The fourth-order valence-corrected chi connectivity index (χ4v) is 4.96. The van der Waals surface area contributed by atoms with Crippen molar-refractivity contribution in [2.24, 2.45) is 5.73 Å². The Kier molecular flexibility index (Phi) is 8.16. The van der Waals surface area contributed by atoms with Gasteiger partial charge in [0.1, 0.15) is 11.3 Å². The molecule has 0 radical (unpaired) electrons. The highest BCUT2D eigenvalue weighted by Crippen LogP contribution is 2.33. The topological polar surface area (TPSA) is 96.8 Å². The largest absolute Gasteiger partial charge is 0.493 e. The van der Waals surface area contributed by atoms with E-state index in [0.29, 0.717) is 31.6 Å². The molecule has 0 aliphatic carbocycles. The average Bonchev–Trinajstić information content (AvgIpc) is 3.53. The number of ether oxygens (including phenoxy) is 1. The number of nitrogens with zero attached hydrogens (tertiary/aromatic N) is 2. The molecule has 4 N–H and O–H groups in total. The molecule has 2 heterocycles. The number of aliphatic hydroxyl groups is 1. The van der Waals surface area contributed by atoms with Gasteiger partial charge in [-0.05, 0) is 78.9 Å². The summed E-state index contributed by atoms with van der Waals surface area (Å²) >= 11 is 0. The van der Waals surface area contributed by atoms with Crippen LogP contribution < -0.4 is 15.8 Å². The summed E-state index contributed by atoms with van der Waals surface area (Å²) in [5, 5.41) is 12.2. The first-order chi connectivity index (χ1) is 18.1. The molecule has 1 saturated heterocycles. The molecule has 1 atom stereocenters. The zero-order valence-corrected chi connectivity index (χ0v) is 21.5. The molecule has 0 unspecified atom stereocenters. The van der Waals surface area contributed by atoms with Crippen LogP contribution in [-0.4, -0.2) is 60.4 Å². The van der Waals surface area contributed by atoms with Crippen LogP contribution in [0.15, 0.2) is 65.1 Å². The summed E-state index contributed by atoms with van der Waals surface area (Å²) in [6, 6.07) is 20.8. The summed E-state index contributed by atoms with van der Waals surface area (Å²) in [5.41, 5.74) is 13.0. The summed E-state index contributed by atoms with van der Waals surface area (Å²) in [7, 11) is 0. The number of aromatic nitrogens is 1. The van der Waals surface area contributed by atoms with Crippen LogP contribution in [0.25, 0.3) is 33.7 Å². The number of hydrogen-bond acceptors (Lipinski definition) is 7. The van der Waals surface area contributed by atoms with Gasteiger partial charge in [0.2, 0.25) is 5.89 Å². The molecule has 7 nitrogen and oxygen atoms in total. The van der Waals surface area contributed by atoms with Gasteiger partial charge in [0.25, 0.3) is 0 Å². The third-order valence-electron chi connectivity index (χ3n) is 6.96. The second-order valence-electron chi connectivity index (χ2n) is 9.78. The number of nitrogens with one attached hydrogen (secondary N) is 1. The third-order valence-corrected chi connectivity index (χ3v) is 6.96. The minimum absolute atomic E-state index is 0.121. The van der Waals surface area contributed by atoms with Crippen molar-refractivity contribution >= 4 is 11.1 Å². The number of aliphatic hydroxyl groups excluding tert-OH is 1. The van der Waals surface area contributed by atoms with Crippen LogP contribution in [0.4, 0.5) is 0 Å². The van der Waals surface area contributed by atoms with Gasteiger partial charge in [-0.1, -0.05) is 30.3 Å². The van der Waals surface area contributed by atoms with Crippen molar-refractivity contribution in [2.75, 3.05) is 39.4 Å². The Balaban J connectivity index is 1.29. The zero-order chi connectivity index (χ0) is 25.6. The highest BCUT2D eigenvalue weighted by molar-refractivity contribution is 5.83. The van der Waals surface area contributed by atoms with E-state index in [1.165, 1.54) is 0 Å². The number of rotatable bonds is 11. The number of likely N-dealkylation sites (tertiary alicyclic amines) is 1. The van der Waals surface area contributed by atoms with Crippen molar-refractivity contribution in [1.29, 1.82) is 0 Å². The summed E-state index contributed by atoms with van der Waals surface area (Å²) in [4.78, 5) is 7.14. The fraction of sp³-hybridized carbons (Fsp3) is 0.367. The minimum atomic E-state index is 0.121. The number of oxazole rings is 1. The van der Waals surface area contributed by atoms with Crippen molar-refractivity contribution < 1.29 is 14.3 Å². The van der Waals surface area contributed by atoms with E-state index >= 15 is 0 Å². The van der Waals surface area contributed by atoms with Crippen molar-refractivity contribution in [3.63, 3.8) is 0 Å².